The van der Waals surface area contributed by atoms with Crippen LogP contribution in [0.5, 0.6) is 0 Å². The molecule has 0 rings (SSSR count). The van der Waals surface area contributed by atoms with Gasteiger partial charge in [0.1, 0.15) is 13.0 Å². The van der Waals surface area contributed by atoms with Gasteiger partial charge >= 0.3 is 0 Å². The monoisotopic (exact) mass is 142 g/mol. The summed E-state index contributed by atoms with van der Waals surface area (Å²) in [5, 5.41) is 0. The van der Waals surface area contributed by atoms with E-state index < -0.39 is 24.5 Å². The number of allylic oxidation sites excluding steroid dienone is 1. The van der Waals surface area contributed by atoms with Gasteiger partial charge < -0.3 is 0 Å². The molecule has 0 aromatic rings. The molecule has 0 spiro atoms. The molecule has 9 heavy (non-hydrogen) atoms. The van der Waals surface area contributed by atoms with E-state index in [0.29, 0.717) is 6.92 Å². The lowest BCUT2D eigenvalue weighted by Gasteiger charge is -2.10. The summed E-state index contributed by atoms with van der Waals surface area (Å²) in [5.41, 5.74) is -2.80. The smallest absolute Gasteiger partial charge is 0.189 e. The number of halogens is 4. The quantitative estimate of drug-likeness (QED) is 0.519. The maximum Gasteiger partial charge on any atom is 0.189 e. The van der Waals surface area contributed by atoms with E-state index in [1.165, 1.54) is 0 Å². The summed E-state index contributed by atoms with van der Waals surface area (Å²) < 4.78 is 46.4. The molecule has 0 radical (unpaired) electrons. The largest absolute Gasteiger partial charge is 0.247 e. The van der Waals surface area contributed by atoms with Gasteiger partial charge in [-0.25, -0.2) is 17.6 Å². The van der Waals surface area contributed by atoms with E-state index in [0.717, 1.165) is 0 Å². The van der Waals surface area contributed by atoms with Crippen molar-refractivity contribution >= 4 is 0 Å². The first-order valence-corrected chi connectivity index (χ1v) is 2.26. The van der Waals surface area contributed by atoms with Crippen molar-refractivity contribution in [3.63, 3.8) is 0 Å². The number of rotatable bonds is 2. The normalized spacial score (nSPS) is 19.4. The highest BCUT2D eigenvalue weighted by Crippen LogP contribution is 2.22. The fourth-order valence-corrected chi connectivity index (χ4v) is 0.178. The van der Waals surface area contributed by atoms with Crippen LogP contribution in [0.15, 0.2) is 12.2 Å². The van der Waals surface area contributed by atoms with E-state index in [1.54, 1.807) is 0 Å². The predicted octanol–water partition coefficient (Wildman–Crippen LogP) is 2.46. The molecule has 0 heterocycles. The third-order valence-electron chi connectivity index (χ3n) is 0.845. The van der Waals surface area contributed by atoms with Gasteiger partial charge in [0.25, 0.3) is 0 Å². The molecule has 0 aromatic heterocycles. The van der Waals surface area contributed by atoms with Crippen LogP contribution in [0.1, 0.15) is 6.92 Å². The van der Waals surface area contributed by atoms with Gasteiger partial charge in [-0.3, -0.25) is 0 Å². The second kappa shape index (κ2) is 2.85. The Bertz CT molecular complexity index is 116. The van der Waals surface area contributed by atoms with E-state index in [-0.39, 0.29) is 0 Å². The van der Waals surface area contributed by atoms with Gasteiger partial charge in [-0.05, 0) is 6.92 Å². The Morgan fingerprint density at radius 1 is 1.67 bits per heavy atom. The van der Waals surface area contributed by atoms with Crippen LogP contribution in [0.3, 0.4) is 0 Å². The van der Waals surface area contributed by atoms with E-state index in [1.807, 2.05) is 0 Å². The molecule has 54 valence electrons. The molecule has 1 atom stereocenters. The fourth-order valence-electron chi connectivity index (χ4n) is 0.178. The zero-order valence-electron chi connectivity index (χ0n) is 4.80. The molecule has 0 N–H and O–H groups in total. The molecule has 0 aromatic carbocycles. The summed E-state index contributed by atoms with van der Waals surface area (Å²) >= 11 is 0. The highest BCUT2D eigenvalue weighted by atomic mass is 19.2. The van der Waals surface area contributed by atoms with E-state index in [9.17, 15) is 17.6 Å². The van der Waals surface area contributed by atoms with Crippen molar-refractivity contribution in [1.29, 1.82) is 0 Å². The summed E-state index contributed by atoms with van der Waals surface area (Å²) in [6, 6.07) is 0. The molecule has 0 aliphatic heterocycles. The van der Waals surface area contributed by atoms with Gasteiger partial charge in [0.05, 0.1) is 0 Å². The van der Waals surface area contributed by atoms with Crippen molar-refractivity contribution in [3.05, 3.63) is 12.2 Å². The molecule has 0 saturated heterocycles. The van der Waals surface area contributed by atoms with Crippen molar-refractivity contribution in [2.45, 2.75) is 12.6 Å². The molecule has 0 aliphatic carbocycles. The van der Waals surface area contributed by atoms with Crippen molar-refractivity contribution in [2.24, 2.45) is 0 Å². The average Bonchev–Trinajstić information content (AvgIpc) is 1.86. The summed E-state index contributed by atoms with van der Waals surface area (Å²) in [6.07, 6.45) is -0.584. The van der Waals surface area contributed by atoms with Gasteiger partial charge in [0.15, 0.2) is 11.5 Å². The van der Waals surface area contributed by atoms with Crippen LogP contribution in [0, 0.1) is 0 Å². The van der Waals surface area contributed by atoms with E-state index >= 15 is 0 Å². The highest BCUT2D eigenvalue weighted by molar-refractivity contribution is 5.03. The lowest BCUT2D eigenvalue weighted by molar-refractivity contribution is 0.150. The number of hydrogen-bond acceptors (Lipinski definition) is 0. The number of hydrogen-bond donors (Lipinski definition) is 0. The van der Waals surface area contributed by atoms with Crippen molar-refractivity contribution in [1.82, 2.24) is 0 Å². The van der Waals surface area contributed by atoms with Crippen LogP contribution in [0.4, 0.5) is 17.6 Å². The minimum atomic E-state index is -2.80. The van der Waals surface area contributed by atoms with Gasteiger partial charge in [-0.2, -0.15) is 0 Å². The van der Waals surface area contributed by atoms with Gasteiger partial charge in [-0.1, -0.05) is 0 Å². The summed E-state index contributed by atoms with van der Waals surface area (Å²) in [5.74, 6) is -1.72. The Morgan fingerprint density at radius 2 is 2.11 bits per heavy atom. The minimum absolute atomic E-state index is 0.584. The van der Waals surface area contributed by atoms with Crippen LogP contribution in [-0.2, 0) is 0 Å². The van der Waals surface area contributed by atoms with Crippen molar-refractivity contribution in [2.75, 3.05) is 6.67 Å². The second-order valence-corrected chi connectivity index (χ2v) is 1.79. The highest BCUT2D eigenvalue weighted by Gasteiger charge is 2.29. The molecule has 0 fully saturated rings. The van der Waals surface area contributed by atoms with Crippen molar-refractivity contribution in [3.8, 4) is 0 Å². The zero-order chi connectivity index (χ0) is 7.49. The first-order valence-electron chi connectivity index (χ1n) is 2.26. The standard InChI is InChI=1S/C5H6F4/c1-5(9,3-7)4(8)2-6/h2H,3H2,1H3/b4-2-. The third-order valence-corrected chi connectivity index (χ3v) is 0.845. The lowest BCUT2D eigenvalue weighted by atomic mass is 10.1. The minimum Gasteiger partial charge on any atom is -0.247 e. The third kappa shape index (κ3) is 2.03. The number of alkyl halides is 2. The maximum atomic E-state index is 12.2. The molecular formula is C5H6F4. The lowest BCUT2D eigenvalue weighted by Crippen LogP contribution is -2.21. The predicted molar refractivity (Wildman–Crippen MR) is 25.8 cm³/mol. The molecule has 0 aliphatic rings. The molecule has 0 nitrogen and oxygen atoms in total. The van der Waals surface area contributed by atoms with Crippen LogP contribution in [0.25, 0.3) is 0 Å². The van der Waals surface area contributed by atoms with E-state index in [2.05, 4.69) is 0 Å². The molecule has 0 saturated carbocycles. The maximum absolute atomic E-state index is 12.2. The van der Waals surface area contributed by atoms with Gasteiger partial charge in [-0.15, -0.1) is 0 Å². The van der Waals surface area contributed by atoms with Crippen LogP contribution >= 0.6 is 0 Å². The fraction of sp³-hybridized carbons (Fsp3) is 0.600. The van der Waals surface area contributed by atoms with Crippen LogP contribution in [-0.4, -0.2) is 12.3 Å². The molecule has 4 heteroatoms. The van der Waals surface area contributed by atoms with Crippen LogP contribution < -0.4 is 0 Å². The average molecular weight is 142 g/mol. The summed E-state index contributed by atoms with van der Waals surface area (Å²) in [4.78, 5) is 0. The topological polar surface area (TPSA) is 0 Å². The Labute approximate surface area is 50.2 Å². The van der Waals surface area contributed by atoms with Crippen LogP contribution in [0.2, 0.25) is 0 Å². The van der Waals surface area contributed by atoms with Gasteiger partial charge in [0, 0.05) is 0 Å². The first kappa shape index (κ1) is 8.46. The summed E-state index contributed by atoms with van der Waals surface area (Å²) in [6.45, 7) is -0.933. The van der Waals surface area contributed by atoms with Gasteiger partial charge in [0.2, 0.25) is 0 Å². The Balaban J connectivity index is 4.14. The Kier molecular flexibility index (Phi) is 2.67. The second-order valence-electron chi connectivity index (χ2n) is 1.79. The SMILES string of the molecule is CC(F)(CF)/C(F)=C/F. The molecule has 0 amide bonds. The molecular weight excluding hydrogens is 136 g/mol. The molecule has 0 bridgehead atoms. The molecule has 1 unspecified atom stereocenters. The summed E-state index contributed by atoms with van der Waals surface area (Å²) in [7, 11) is 0. The zero-order valence-corrected chi connectivity index (χ0v) is 4.80. The first-order chi connectivity index (χ1) is 4.04. The van der Waals surface area contributed by atoms with E-state index in [4.69, 9.17) is 0 Å². The Morgan fingerprint density at radius 3 is 2.22 bits per heavy atom. The Hall–Kier alpha value is -0.540. The van der Waals surface area contributed by atoms with Crippen molar-refractivity contribution < 1.29 is 17.6 Å².